The average molecular weight is 210 g/mol. The minimum Gasteiger partial charge on any atom is -0.479 e. The second kappa shape index (κ2) is 4.84. The standard InChI is InChI=1S/C11H11NO.ClH/c12-8-13-11-6-5-9-3-1-2-4-10(9)7-11;/h1-7H,8,12H2;1H. The Hall–Kier alpha value is -1.25. The summed E-state index contributed by atoms with van der Waals surface area (Å²) in [6.07, 6.45) is 0. The molecule has 3 heteroatoms. The summed E-state index contributed by atoms with van der Waals surface area (Å²) in [6.45, 7) is 0.221. The monoisotopic (exact) mass is 209 g/mol. The molecule has 74 valence electrons. The van der Waals surface area contributed by atoms with Gasteiger partial charge in [0.2, 0.25) is 0 Å². The Morgan fingerprint density at radius 3 is 2.43 bits per heavy atom. The van der Waals surface area contributed by atoms with Gasteiger partial charge in [-0.15, -0.1) is 12.4 Å². The Kier molecular flexibility index (Phi) is 3.74. The summed E-state index contributed by atoms with van der Waals surface area (Å²) >= 11 is 0. The van der Waals surface area contributed by atoms with Gasteiger partial charge in [0.15, 0.2) is 0 Å². The molecule has 2 aromatic rings. The average Bonchev–Trinajstić information content (AvgIpc) is 2.18. The highest BCUT2D eigenvalue weighted by Crippen LogP contribution is 2.19. The smallest absolute Gasteiger partial charge is 0.137 e. The van der Waals surface area contributed by atoms with Crippen molar-refractivity contribution in [2.75, 3.05) is 6.73 Å². The molecule has 2 nitrogen and oxygen atoms in total. The van der Waals surface area contributed by atoms with Crippen LogP contribution in [0, 0.1) is 0 Å². The van der Waals surface area contributed by atoms with E-state index in [4.69, 9.17) is 10.5 Å². The quantitative estimate of drug-likeness (QED) is 0.772. The normalized spacial score (nSPS) is 9.50. The first kappa shape index (κ1) is 10.8. The Balaban J connectivity index is 0.000000980. The summed E-state index contributed by atoms with van der Waals surface area (Å²) in [6, 6.07) is 14.1. The van der Waals surface area contributed by atoms with Gasteiger partial charge in [0.25, 0.3) is 0 Å². The maximum atomic E-state index is 5.28. The topological polar surface area (TPSA) is 35.2 Å². The van der Waals surface area contributed by atoms with Gasteiger partial charge in [0.1, 0.15) is 12.5 Å². The Morgan fingerprint density at radius 2 is 1.71 bits per heavy atom. The summed E-state index contributed by atoms with van der Waals surface area (Å²) in [4.78, 5) is 0. The maximum absolute atomic E-state index is 5.28. The molecule has 0 aliphatic heterocycles. The highest BCUT2D eigenvalue weighted by molar-refractivity contribution is 5.85. The van der Waals surface area contributed by atoms with E-state index < -0.39 is 0 Å². The summed E-state index contributed by atoms with van der Waals surface area (Å²) in [5.74, 6) is 0.821. The maximum Gasteiger partial charge on any atom is 0.137 e. The molecule has 0 unspecified atom stereocenters. The number of hydrogen-bond donors (Lipinski definition) is 1. The second-order valence-electron chi connectivity index (χ2n) is 2.82. The fraction of sp³-hybridized carbons (Fsp3) is 0.0909. The molecule has 0 aliphatic carbocycles. The van der Waals surface area contributed by atoms with Gasteiger partial charge in [-0.05, 0) is 22.9 Å². The molecule has 0 heterocycles. The lowest BCUT2D eigenvalue weighted by molar-refractivity contribution is 0.330. The summed E-state index contributed by atoms with van der Waals surface area (Å²) in [7, 11) is 0. The molecule has 0 fully saturated rings. The highest BCUT2D eigenvalue weighted by Gasteiger charge is 1.94. The van der Waals surface area contributed by atoms with E-state index >= 15 is 0 Å². The lowest BCUT2D eigenvalue weighted by Gasteiger charge is -2.03. The molecule has 0 saturated heterocycles. The van der Waals surface area contributed by atoms with Crippen molar-refractivity contribution < 1.29 is 4.74 Å². The number of benzene rings is 2. The highest BCUT2D eigenvalue weighted by atomic mass is 35.5. The van der Waals surface area contributed by atoms with E-state index in [1.807, 2.05) is 30.3 Å². The van der Waals surface area contributed by atoms with E-state index in [1.54, 1.807) is 0 Å². The van der Waals surface area contributed by atoms with Crippen molar-refractivity contribution in [3.63, 3.8) is 0 Å². The first-order chi connectivity index (χ1) is 6.40. The third-order valence-electron chi connectivity index (χ3n) is 1.97. The zero-order chi connectivity index (χ0) is 9.10. The molecule has 0 radical (unpaired) electrons. The Morgan fingerprint density at radius 1 is 1.00 bits per heavy atom. The van der Waals surface area contributed by atoms with Crippen molar-refractivity contribution in [3.05, 3.63) is 42.5 Å². The molecule has 0 bridgehead atoms. The molecule has 0 aliphatic rings. The summed E-state index contributed by atoms with van der Waals surface area (Å²) < 4.78 is 5.19. The van der Waals surface area contributed by atoms with Crippen molar-refractivity contribution in [1.82, 2.24) is 0 Å². The minimum atomic E-state index is 0. The third kappa shape index (κ3) is 2.16. The van der Waals surface area contributed by atoms with Crippen molar-refractivity contribution in [3.8, 4) is 5.75 Å². The van der Waals surface area contributed by atoms with E-state index in [-0.39, 0.29) is 19.1 Å². The largest absolute Gasteiger partial charge is 0.479 e. The van der Waals surface area contributed by atoms with Crippen molar-refractivity contribution >= 4 is 23.2 Å². The summed E-state index contributed by atoms with van der Waals surface area (Å²) in [5, 5.41) is 2.39. The van der Waals surface area contributed by atoms with E-state index in [9.17, 15) is 0 Å². The molecule has 0 spiro atoms. The zero-order valence-corrected chi connectivity index (χ0v) is 8.46. The van der Waals surface area contributed by atoms with Crippen molar-refractivity contribution in [2.45, 2.75) is 0 Å². The van der Waals surface area contributed by atoms with E-state index in [0.717, 1.165) is 5.75 Å². The predicted octanol–water partition coefficient (Wildman–Crippen LogP) is 2.56. The molecule has 14 heavy (non-hydrogen) atoms. The second-order valence-corrected chi connectivity index (χ2v) is 2.82. The summed E-state index contributed by atoms with van der Waals surface area (Å²) in [5.41, 5.74) is 5.28. The lowest BCUT2D eigenvalue weighted by atomic mass is 10.1. The number of ether oxygens (including phenoxy) is 1. The third-order valence-corrected chi connectivity index (χ3v) is 1.97. The van der Waals surface area contributed by atoms with Crippen LogP contribution in [0.4, 0.5) is 0 Å². The number of rotatable bonds is 2. The van der Waals surface area contributed by atoms with Crippen LogP contribution in [0.1, 0.15) is 0 Å². The first-order valence-electron chi connectivity index (χ1n) is 4.22. The fourth-order valence-electron chi connectivity index (χ4n) is 1.35. The van der Waals surface area contributed by atoms with Crippen LogP contribution in [-0.4, -0.2) is 6.73 Å². The van der Waals surface area contributed by atoms with E-state index in [0.29, 0.717) is 0 Å². The number of nitrogens with two attached hydrogens (primary N) is 1. The predicted molar refractivity (Wildman–Crippen MR) is 60.9 cm³/mol. The Labute approximate surface area is 89.1 Å². The SMILES string of the molecule is Cl.NCOc1ccc2ccccc2c1. The molecule has 2 rings (SSSR count). The van der Waals surface area contributed by atoms with Crippen LogP contribution in [0.3, 0.4) is 0 Å². The molecule has 0 amide bonds. The van der Waals surface area contributed by atoms with Gasteiger partial charge in [0.05, 0.1) is 0 Å². The van der Waals surface area contributed by atoms with Crippen LogP contribution in [0.25, 0.3) is 10.8 Å². The van der Waals surface area contributed by atoms with Gasteiger partial charge < -0.3 is 4.74 Å². The fourth-order valence-corrected chi connectivity index (χ4v) is 1.35. The van der Waals surface area contributed by atoms with Gasteiger partial charge in [0, 0.05) is 0 Å². The molecular weight excluding hydrogens is 198 g/mol. The first-order valence-corrected chi connectivity index (χ1v) is 4.22. The van der Waals surface area contributed by atoms with E-state index in [1.165, 1.54) is 10.8 Å². The van der Waals surface area contributed by atoms with Crippen LogP contribution in [-0.2, 0) is 0 Å². The number of hydrogen-bond acceptors (Lipinski definition) is 2. The molecule has 0 saturated carbocycles. The van der Waals surface area contributed by atoms with Crippen molar-refractivity contribution in [2.24, 2.45) is 5.73 Å². The number of fused-ring (bicyclic) bond motifs is 1. The van der Waals surface area contributed by atoms with Crippen molar-refractivity contribution in [1.29, 1.82) is 0 Å². The van der Waals surface area contributed by atoms with Crippen LogP contribution in [0.5, 0.6) is 5.75 Å². The van der Waals surface area contributed by atoms with Gasteiger partial charge in [-0.3, -0.25) is 5.73 Å². The molecule has 2 N–H and O–H groups in total. The number of halogens is 1. The minimum absolute atomic E-state index is 0. The van der Waals surface area contributed by atoms with Crippen LogP contribution in [0.15, 0.2) is 42.5 Å². The van der Waals surface area contributed by atoms with Gasteiger partial charge in [-0.1, -0.05) is 30.3 Å². The Bertz CT molecular complexity index is 417. The van der Waals surface area contributed by atoms with Crippen LogP contribution >= 0.6 is 12.4 Å². The molecule has 0 atom stereocenters. The molecular formula is C11H12ClNO. The lowest BCUT2D eigenvalue weighted by Crippen LogP contribution is -2.06. The van der Waals surface area contributed by atoms with E-state index in [2.05, 4.69) is 12.1 Å². The van der Waals surface area contributed by atoms with Crippen LogP contribution in [0.2, 0.25) is 0 Å². The van der Waals surface area contributed by atoms with Gasteiger partial charge >= 0.3 is 0 Å². The van der Waals surface area contributed by atoms with Crippen LogP contribution < -0.4 is 10.5 Å². The zero-order valence-electron chi connectivity index (χ0n) is 7.64. The molecule has 0 aromatic heterocycles. The van der Waals surface area contributed by atoms with Gasteiger partial charge in [-0.25, -0.2) is 0 Å². The van der Waals surface area contributed by atoms with Gasteiger partial charge in [-0.2, -0.15) is 0 Å². The molecule has 2 aromatic carbocycles.